The number of hydrogen-bond acceptors (Lipinski definition) is 4. The van der Waals surface area contributed by atoms with Crippen LogP contribution in [0.15, 0.2) is 53.5 Å². The summed E-state index contributed by atoms with van der Waals surface area (Å²) in [5, 5.41) is 3.25. The van der Waals surface area contributed by atoms with E-state index in [1.54, 1.807) is 26.1 Å². The molecule has 174 valence electrons. The van der Waals surface area contributed by atoms with E-state index in [9.17, 15) is 4.79 Å². The molecule has 0 radical (unpaired) electrons. The van der Waals surface area contributed by atoms with Crippen molar-refractivity contribution >= 4 is 35.8 Å². The smallest absolute Gasteiger partial charge is 0.241 e. The maximum atomic E-state index is 12.2. The Hall–Kier alpha value is -2.33. The fourth-order valence-electron chi connectivity index (χ4n) is 3.46. The molecule has 0 aliphatic carbocycles. The van der Waals surface area contributed by atoms with Crippen LogP contribution in [-0.4, -0.2) is 69.1 Å². The van der Waals surface area contributed by atoms with E-state index in [1.165, 1.54) is 11.1 Å². The second-order valence-corrected chi connectivity index (χ2v) is 7.79. The van der Waals surface area contributed by atoms with Gasteiger partial charge >= 0.3 is 0 Å². The average molecular weight is 552 g/mol. The molecule has 2 aromatic rings. The summed E-state index contributed by atoms with van der Waals surface area (Å²) >= 11 is 0. The number of ether oxygens (including phenoxy) is 2. The van der Waals surface area contributed by atoms with Crippen LogP contribution in [-0.2, 0) is 16.1 Å². The van der Waals surface area contributed by atoms with Gasteiger partial charge in [-0.1, -0.05) is 36.4 Å². The number of methoxy groups -OCH3 is 1. The molecule has 0 aromatic heterocycles. The van der Waals surface area contributed by atoms with Gasteiger partial charge < -0.3 is 24.6 Å². The summed E-state index contributed by atoms with van der Waals surface area (Å²) in [5.74, 6) is 1.53. The molecular formula is C24H33IN4O3. The highest BCUT2D eigenvalue weighted by molar-refractivity contribution is 14.0. The average Bonchev–Trinajstić information content (AvgIpc) is 2.79. The first-order chi connectivity index (χ1) is 15.0. The van der Waals surface area contributed by atoms with Crippen molar-refractivity contribution in [3.8, 4) is 5.75 Å². The van der Waals surface area contributed by atoms with Crippen LogP contribution in [0.5, 0.6) is 5.75 Å². The molecule has 0 saturated carbocycles. The van der Waals surface area contributed by atoms with Gasteiger partial charge in [-0.15, -0.1) is 24.0 Å². The standard InChI is InChI=1S/C24H32N4O3.HI/c1-18-7-5-6-8-21(18)22-17-28(13-14-31-22)24(26-16-23(29)27(2)3)25-15-19-9-11-20(30-4)12-10-19;/h5-12,22H,13-17H2,1-4H3,(H,25,26);1H. The topological polar surface area (TPSA) is 66.4 Å². The number of halogens is 1. The van der Waals surface area contributed by atoms with Gasteiger partial charge in [0.1, 0.15) is 11.9 Å². The fourth-order valence-corrected chi connectivity index (χ4v) is 3.46. The Balaban J connectivity index is 0.00000363. The summed E-state index contributed by atoms with van der Waals surface area (Å²) in [6, 6.07) is 16.1. The van der Waals surface area contributed by atoms with E-state index in [4.69, 9.17) is 14.5 Å². The monoisotopic (exact) mass is 552 g/mol. The number of aliphatic imine (C=N–C) groups is 1. The van der Waals surface area contributed by atoms with Crippen LogP contribution in [0, 0.1) is 6.92 Å². The predicted octanol–water partition coefficient (Wildman–Crippen LogP) is 3.23. The van der Waals surface area contributed by atoms with Crippen molar-refractivity contribution in [1.82, 2.24) is 15.1 Å². The zero-order valence-corrected chi connectivity index (χ0v) is 21.5. The maximum Gasteiger partial charge on any atom is 0.241 e. The number of hydrogen-bond donors (Lipinski definition) is 1. The van der Waals surface area contributed by atoms with E-state index < -0.39 is 0 Å². The van der Waals surface area contributed by atoms with E-state index in [0.717, 1.165) is 11.3 Å². The number of aryl methyl sites for hydroxylation is 1. The van der Waals surface area contributed by atoms with Crippen molar-refractivity contribution in [2.24, 2.45) is 4.99 Å². The Morgan fingerprint density at radius 3 is 2.59 bits per heavy atom. The first-order valence-corrected chi connectivity index (χ1v) is 10.5. The lowest BCUT2D eigenvalue weighted by atomic mass is 10.0. The molecule has 1 N–H and O–H groups in total. The van der Waals surface area contributed by atoms with E-state index in [2.05, 4.69) is 29.3 Å². The molecule has 1 saturated heterocycles. The summed E-state index contributed by atoms with van der Waals surface area (Å²) in [6.07, 6.45) is -0.0347. The first kappa shape index (κ1) is 25.9. The number of likely N-dealkylation sites (N-methyl/N-ethyl adjacent to an activating group) is 1. The number of carbonyl (C=O) groups is 1. The van der Waals surface area contributed by atoms with Crippen LogP contribution in [0.4, 0.5) is 0 Å². The molecule has 3 rings (SSSR count). The SMILES string of the molecule is COc1ccc(CN=C(NCC(=O)N(C)C)N2CCOC(c3ccccc3C)C2)cc1.I. The van der Waals surface area contributed by atoms with E-state index in [1.807, 2.05) is 36.4 Å². The van der Waals surface area contributed by atoms with E-state index in [0.29, 0.717) is 32.2 Å². The number of carbonyl (C=O) groups excluding carboxylic acids is 1. The molecule has 8 heteroatoms. The summed E-state index contributed by atoms with van der Waals surface area (Å²) in [5.41, 5.74) is 3.47. The maximum absolute atomic E-state index is 12.2. The molecule has 32 heavy (non-hydrogen) atoms. The summed E-state index contributed by atoms with van der Waals surface area (Å²) < 4.78 is 11.3. The zero-order valence-electron chi connectivity index (χ0n) is 19.2. The molecule has 1 amide bonds. The molecular weight excluding hydrogens is 519 g/mol. The molecule has 1 heterocycles. The Morgan fingerprint density at radius 2 is 1.94 bits per heavy atom. The van der Waals surface area contributed by atoms with Crippen LogP contribution in [0.2, 0.25) is 0 Å². The minimum absolute atomic E-state index is 0. The van der Waals surface area contributed by atoms with Gasteiger partial charge in [-0.25, -0.2) is 4.99 Å². The number of nitrogens with zero attached hydrogens (tertiary/aromatic N) is 3. The van der Waals surface area contributed by atoms with Crippen molar-refractivity contribution in [2.45, 2.75) is 19.6 Å². The molecule has 1 unspecified atom stereocenters. The van der Waals surface area contributed by atoms with Gasteiger partial charge in [0.05, 0.1) is 33.4 Å². The van der Waals surface area contributed by atoms with Crippen LogP contribution in [0.1, 0.15) is 22.8 Å². The van der Waals surface area contributed by atoms with Gasteiger partial charge in [-0.3, -0.25) is 4.79 Å². The molecule has 7 nitrogen and oxygen atoms in total. The number of rotatable bonds is 6. The number of guanidine groups is 1. The van der Waals surface area contributed by atoms with Crippen LogP contribution in [0.25, 0.3) is 0 Å². The molecule has 0 bridgehead atoms. The molecule has 1 aliphatic heterocycles. The third-order valence-electron chi connectivity index (χ3n) is 5.37. The van der Waals surface area contributed by atoms with Gasteiger partial charge in [0.2, 0.25) is 5.91 Å². The summed E-state index contributed by atoms with van der Waals surface area (Å²) in [7, 11) is 5.16. The lowest BCUT2D eigenvalue weighted by molar-refractivity contribution is -0.127. The number of nitrogens with one attached hydrogen (secondary N) is 1. The molecule has 0 spiro atoms. The third-order valence-corrected chi connectivity index (χ3v) is 5.37. The Morgan fingerprint density at radius 1 is 1.22 bits per heavy atom. The van der Waals surface area contributed by atoms with Gasteiger partial charge in [0, 0.05) is 20.6 Å². The normalized spacial score (nSPS) is 16.2. The molecule has 2 aromatic carbocycles. The fraction of sp³-hybridized carbons (Fsp3) is 0.417. The summed E-state index contributed by atoms with van der Waals surface area (Å²) in [4.78, 5) is 20.7. The predicted molar refractivity (Wildman–Crippen MR) is 138 cm³/mol. The largest absolute Gasteiger partial charge is 0.497 e. The minimum atomic E-state index is -0.0347. The van der Waals surface area contributed by atoms with Crippen molar-refractivity contribution in [3.63, 3.8) is 0 Å². The third kappa shape index (κ3) is 7.09. The second kappa shape index (κ2) is 12.6. The number of amides is 1. The van der Waals surface area contributed by atoms with Gasteiger partial charge in [-0.05, 0) is 35.7 Å². The first-order valence-electron chi connectivity index (χ1n) is 10.5. The van der Waals surface area contributed by atoms with Crippen molar-refractivity contribution in [2.75, 3.05) is 47.4 Å². The lowest BCUT2D eigenvalue weighted by Crippen LogP contribution is -2.50. The van der Waals surface area contributed by atoms with Crippen LogP contribution >= 0.6 is 24.0 Å². The van der Waals surface area contributed by atoms with Crippen molar-refractivity contribution in [1.29, 1.82) is 0 Å². The second-order valence-electron chi connectivity index (χ2n) is 7.79. The Kier molecular flexibility index (Phi) is 10.2. The number of morpholine rings is 1. The van der Waals surface area contributed by atoms with Gasteiger partial charge in [-0.2, -0.15) is 0 Å². The highest BCUT2D eigenvalue weighted by Gasteiger charge is 2.25. The van der Waals surface area contributed by atoms with Crippen molar-refractivity contribution < 1.29 is 14.3 Å². The van der Waals surface area contributed by atoms with E-state index >= 15 is 0 Å². The molecule has 1 fully saturated rings. The quantitative estimate of drug-likeness (QED) is 0.339. The Labute approximate surface area is 207 Å². The van der Waals surface area contributed by atoms with Crippen molar-refractivity contribution in [3.05, 3.63) is 65.2 Å². The summed E-state index contributed by atoms with van der Waals surface area (Å²) in [6.45, 7) is 4.80. The Bertz CT molecular complexity index is 902. The van der Waals surface area contributed by atoms with E-state index in [-0.39, 0.29) is 42.5 Å². The van der Waals surface area contributed by atoms with Crippen LogP contribution in [0.3, 0.4) is 0 Å². The molecule has 1 aliphatic rings. The lowest BCUT2D eigenvalue weighted by Gasteiger charge is -2.36. The van der Waals surface area contributed by atoms with Gasteiger partial charge in [0.15, 0.2) is 5.96 Å². The highest BCUT2D eigenvalue weighted by Crippen LogP contribution is 2.25. The zero-order chi connectivity index (χ0) is 22.2. The minimum Gasteiger partial charge on any atom is -0.497 e. The number of benzene rings is 2. The van der Waals surface area contributed by atoms with Gasteiger partial charge in [0.25, 0.3) is 0 Å². The van der Waals surface area contributed by atoms with Crippen LogP contribution < -0.4 is 10.1 Å². The highest BCUT2D eigenvalue weighted by atomic mass is 127. The molecule has 1 atom stereocenters.